The summed E-state index contributed by atoms with van der Waals surface area (Å²) in [4.78, 5) is 40.2. The minimum Gasteiger partial charge on any atom is -0.507 e. The van der Waals surface area contributed by atoms with Crippen LogP contribution in [0.1, 0.15) is 46.3 Å². The zero-order chi connectivity index (χ0) is 30.0. The number of hydrogen-bond acceptors (Lipinski definition) is 6. The molecular weight excluding hydrogens is 530 g/mol. The Kier molecular flexibility index (Phi) is 7.93. The third-order valence-corrected chi connectivity index (χ3v) is 7.05. The van der Waals surface area contributed by atoms with E-state index in [2.05, 4.69) is 0 Å². The average Bonchev–Trinajstić information content (AvgIpc) is 3.22. The molecule has 0 aliphatic carbocycles. The number of ketones is 1. The molecule has 0 bridgehead atoms. The van der Waals surface area contributed by atoms with E-state index in [4.69, 9.17) is 9.47 Å². The number of hydrogen-bond donors (Lipinski definition) is 1. The van der Waals surface area contributed by atoms with E-state index in [0.29, 0.717) is 29.2 Å². The summed E-state index contributed by atoms with van der Waals surface area (Å²) in [6.45, 7) is 7.35. The van der Waals surface area contributed by atoms with Crippen molar-refractivity contribution >= 4 is 29.1 Å². The summed E-state index contributed by atoms with van der Waals surface area (Å²) in [5.74, 6) is -1.47. The van der Waals surface area contributed by atoms with Crippen LogP contribution in [0, 0.1) is 20.8 Å². The number of carbonyl (C=O) groups is 3. The summed E-state index contributed by atoms with van der Waals surface area (Å²) in [6.07, 6.45) is 0. The van der Waals surface area contributed by atoms with Crippen LogP contribution >= 0.6 is 0 Å². The Hall–Kier alpha value is -5.17. The Morgan fingerprint density at radius 2 is 1.57 bits per heavy atom. The van der Waals surface area contributed by atoms with E-state index in [1.54, 1.807) is 42.5 Å². The summed E-state index contributed by atoms with van der Waals surface area (Å²) >= 11 is 0. The maximum Gasteiger partial charge on any atom is 0.308 e. The number of aliphatic hydroxyl groups is 1. The highest BCUT2D eigenvalue weighted by atomic mass is 16.5. The molecule has 1 aliphatic rings. The summed E-state index contributed by atoms with van der Waals surface area (Å²) in [5.41, 5.74) is 4.96. The van der Waals surface area contributed by atoms with Crippen LogP contribution in [0.5, 0.6) is 11.5 Å². The van der Waals surface area contributed by atoms with Gasteiger partial charge in [-0.1, -0.05) is 48.5 Å². The van der Waals surface area contributed by atoms with Gasteiger partial charge in [0.05, 0.1) is 11.6 Å². The lowest BCUT2D eigenvalue weighted by Gasteiger charge is -2.26. The van der Waals surface area contributed by atoms with Crippen molar-refractivity contribution in [3.8, 4) is 11.5 Å². The highest BCUT2D eigenvalue weighted by Crippen LogP contribution is 2.43. The first-order valence-electron chi connectivity index (χ1n) is 13.6. The van der Waals surface area contributed by atoms with Crippen molar-refractivity contribution in [1.29, 1.82) is 0 Å². The van der Waals surface area contributed by atoms with Gasteiger partial charge in [0, 0.05) is 18.2 Å². The van der Waals surface area contributed by atoms with Crippen LogP contribution in [0.25, 0.3) is 5.76 Å². The van der Waals surface area contributed by atoms with Gasteiger partial charge in [-0.05, 0) is 91.1 Å². The van der Waals surface area contributed by atoms with Crippen molar-refractivity contribution in [3.05, 3.63) is 130 Å². The maximum atomic E-state index is 13.6. The highest BCUT2D eigenvalue weighted by Gasteiger charge is 2.47. The van der Waals surface area contributed by atoms with Gasteiger partial charge in [0.25, 0.3) is 11.7 Å². The molecular formula is C35H31NO6. The zero-order valence-corrected chi connectivity index (χ0v) is 23.9. The molecule has 1 heterocycles. The molecule has 0 aromatic heterocycles. The first-order chi connectivity index (χ1) is 20.1. The summed E-state index contributed by atoms with van der Waals surface area (Å²) in [5, 5.41) is 11.6. The van der Waals surface area contributed by atoms with Gasteiger partial charge in [-0.2, -0.15) is 0 Å². The van der Waals surface area contributed by atoms with Crippen molar-refractivity contribution in [2.45, 2.75) is 40.3 Å². The number of aliphatic hydroxyl groups excluding tert-OH is 1. The van der Waals surface area contributed by atoms with Crippen LogP contribution in [-0.4, -0.2) is 22.8 Å². The fraction of sp³-hybridized carbons (Fsp3) is 0.171. The molecule has 1 N–H and O–H groups in total. The molecule has 1 atom stereocenters. The van der Waals surface area contributed by atoms with Gasteiger partial charge in [-0.25, -0.2) is 0 Å². The molecule has 0 radical (unpaired) electrons. The topological polar surface area (TPSA) is 93.1 Å². The molecule has 1 fully saturated rings. The smallest absolute Gasteiger partial charge is 0.308 e. The van der Waals surface area contributed by atoms with Crippen LogP contribution < -0.4 is 14.4 Å². The highest BCUT2D eigenvalue weighted by molar-refractivity contribution is 6.51. The lowest BCUT2D eigenvalue weighted by Crippen LogP contribution is -2.29. The summed E-state index contributed by atoms with van der Waals surface area (Å²) < 4.78 is 11.3. The van der Waals surface area contributed by atoms with Crippen LogP contribution in [0.2, 0.25) is 0 Å². The standard InChI is InChI=1S/C35H31NO6/c1-21-15-22(2)17-28(16-21)36-32(26-11-8-12-29(19-26)42-24(4)37)31(34(39)35(36)40)33(38)27-13-14-30(23(3)18-27)41-20-25-9-6-5-7-10-25/h5-19,32,38H,20H2,1-4H3/b33-31+. The number of nitrogens with zero attached hydrogens (tertiary/aromatic N) is 1. The van der Waals surface area contributed by atoms with Gasteiger partial charge in [-0.3, -0.25) is 19.3 Å². The normalized spacial score (nSPS) is 16.0. The number of Topliss-reactive ketones (excluding diaryl/α,β-unsaturated/α-hetero) is 1. The predicted octanol–water partition coefficient (Wildman–Crippen LogP) is 6.74. The predicted molar refractivity (Wildman–Crippen MR) is 160 cm³/mol. The third kappa shape index (κ3) is 5.81. The van der Waals surface area contributed by atoms with Gasteiger partial charge >= 0.3 is 5.97 Å². The second kappa shape index (κ2) is 11.7. The van der Waals surface area contributed by atoms with Gasteiger partial charge in [0.1, 0.15) is 23.9 Å². The molecule has 1 aliphatic heterocycles. The molecule has 7 heteroatoms. The second-order valence-electron chi connectivity index (χ2n) is 10.4. The SMILES string of the molecule is CC(=O)Oc1cccc(C2/C(=C(\O)c3ccc(OCc4ccccc4)c(C)c3)C(=O)C(=O)N2c2cc(C)cc(C)c2)c1. The lowest BCUT2D eigenvalue weighted by molar-refractivity contribution is -0.132. The quantitative estimate of drug-likeness (QED) is 0.0883. The number of ether oxygens (including phenoxy) is 2. The Bertz CT molecular complexity index is 1700. The molecule has 7 nitrogen and oxygen atoms in total. The molecule has 42 heavy (non-hydrogen) atoms. The van der Waals surface area contributed by atoms with Gasteiger partial charge < -0.3 is 14.6 Å². The van der Waals surface area contributed by atoms with Crippen molar-refractivity contribution in [3.63, 3.8) is 0 Å². The number of carbonyl (C=O) groups excluding carboxylic acids is 3. The van der Waals surface area contributed by atoms with Gasteiger partial charge in [-0.15, -0.1) is 0 Å². The van der Waals surface area contributed by atoms with E-state index in [1.807, 2.05) is 69.3 Å². The van der Waals surface area contributed by atoms with Crippen molar-refractivity contribution in [2.24, 2.45) is 0 Å². The van der Waals surface area contributed by atoms with Crippen molar-refractivity contribution in [2.75, 3.05) is 4.90 Å². The average molecular weight is 562 g/mol. The van der Waals surface area contributed by atoms with E-state index in [9.17, 15) is 19.5 Å². The Labute approximate surface area is 244 Å². The fourth-order valence-electron chi connectivity index (χ4n) is 5.27. The summed E-state index contributed by atoms with van der Waals surface area (Å²) in [6, 6.07) is 26.2. The third-order valence-electron chi connectivity index (χ3n) is 7.05. The maximum absolute atomic E-state index is 13.6. The first-order valence-corrected chi connectivity index (χ1v) is 13.6. The number of amides is 1. The number of benzene rings is 4. The molecule has 1 saturated heterocycles. The number of aryl methyl sites for hydroxylation is 3. The number of rotatable bonds is 7. The van der Waals surface area contributed by atoms with E-state index in [-0.39, 0.29) is 17.1 Å². The fourth-order valence-corrected chi connectivity index (χ4v) is 5.27. The van der Waals surface area contributed by atoms with Gasteiger partial charge in [0.15, 0.2) is 0 Å². The van der Waals surface area contributed by atoms with E-state index in [0.717, 1.165) is 22.3 Å². The molecule has 0 saturated carbocycles. The summed E-state index contributed by atoms with van der Waals surface area (Å²) in [7, 11) is 0. The van der Waals surface area contributed by atoms with Crippen LogP contribution in [0.15, 0.2) is 96.6 Å². The molecule has 4 aromatic carbocycles. The number of anilines is 1. The Morgan fingerprint density at radius 3 is 2.24 bits per heavy atom. The van der Waals surface area contributed by atoms with Crippen LogP contribution in [-0.2, 0) is 21.0 Å². The lowest BCUT2D eigenvalue weighted by atomic mass is 9.94. The minimum absolute atomic E-state index is 0.0588. The van der Waals surface area contributed by atoms with E-state index >= 15 is 0 Å². The molecule has 0 spiro atoms. The Balaban J connectivity index is 1.60. The van der Waals surface area contributed by atoms with Crippen LogP contribution in [0.4, 0.5) is 5.69 Å². The molecule has 1 amide bonds. The van der Waals surface area contributed by atoms with Gasteiger partial charge in [0.2, 0.25) is 0 Å². The molecule has 4 aromatic rings. The van der Waals surface area contributed by atoms with Crippen molar-refractivity contribution < 1.29 is 29.0 Å². The molecule has 5 rings (SSSR count). The molecule has 212 valence electrons. The monoisotopic (exact) mass is 561 g/mol. The first kappa shape index (κ1) is 28.4. The van der Waals surface area contributed by atoms with E-state index < -0.39 is 23.7 Å². The number of esters is 1. The second-order valence-corrected chi connectivity index (χ2v) is 10.4. The molecule has 1 unspecified atom stereocenters. The van der Waals surface area contributed by atoms with Crippen LogP contribution in [0.3, 0.4) is 0 Å². The zero-order valence-electron chi connectivity index (χ0n) is 23.9. The Morgan fingerprint density at radius 1 is 0.857 bits per heavy atom. The van der Waals surface area contributed by atoms with Crippen molar-refractivity contribution in [1.82, 2.24) is 0 Å². The largest absolute Gasteiger partial charge is 0.507 e. The minimum atomic E-state index is -0.962. The van der Waals surface area contributed by atoms with E-state index in [1.165, 1.54) is 11.8 Å².